The van der Waals surface area contributed by atoms with Crippen LogP contribution in [-0.2, 0) is 13.2 Å². The maximum Gasteiger partial charge on any atom is 0.277 e. The van der Waals surface area contributed by atoms with E-state index in [1.165, 1.54) is 18.2 Å². The van der Waals surface area contributed by atoms with E-state index < -0.39 is 10.7 Å². The lowest BCUT2D eigenvalue weighted by Gasteiger charge is -2.09. The SMILES string of the molecule is O=[N+]([O-])c1cc(Br)ccc1COc1ccc(CO)cc1F. The van der Waals surface area contributed by atoms with Crippen molar-refractivity contribution in [2.24, 2.45) is 0 Å². The van der Waals surface area contributed by atoms with Gasteiger partial charge < -0.3 is 9.84 Å². The van der Waals surface area contributed by atoms with Crippen LogP contribution in [0.2, 0.25) is 0 Å². The number of nitro benzene ring substituents is 1. The molecule has 2 aromatic rings. The van der Waals surface area contributed by atoms with E-state index in [9.17, 15) is 14.5 Å². The van der Waals surface area contributed by atoms with Crippen molar-refractivity contribution in [1.29, 1.82) is 0 Å². The van der Waals surface area contributed by atoms with E-state index >= 15 is 0 Å². The zero-order valence-corrected chi connectivity index (χ0v) is 12.3. The van der Waals surface area contributed by atoms with Crippen LogP contribution in [0.15, 0.2) is 40.9 Å². The Balaban J connectivity index is 2.18. The van der Waals surface area contributed by atoms with Crippen LogP contribution >= 0.6 is 15.9 Å². The normalized spacial score (nSPS) is 10.4. The maximum absolute atomic E-state index is 13.7. The van der Waals surface area contributed by atoms with Gasteiger partial charge >= 0.3 is 0 Å². The van der Waals surface area contributed by atoms with Gasteiger partial charge in [-0.05, 0) is 29.8 Å². The smallest absolute Gasteiger partial charge is 0.277 e. The molecule has 0 aliphatic rings. The third-order valence-corrected chi connectivity index (χ3v) is 3.30. The summed E-state index contributed by atoms with van der Waals surface area (Å²) in [7, 11) is 0. The van der Waals surface area contributed by atoms with Crippen molar-refractivity contribution in [2.45, 2.75) is 13.2 Å². The van der Waals surface area contributed by atoms with Gasteiger partial charge in [0, 0.05) is 10.5 Å². The Kier molecular flexibility index (Phi) is 4.87. The molecular formula is C14H11BrFNO4. The summed E-state index contributed by atoms with van der Waals surface area (Å²) in [6.07, 6.45) is 0. The third-order valence-electron chi connectivity index (χ3n) is 2.81. The molecule has 0 saturated carbocycles. The molecule has 0 atom stereocenters. The van der Waals surface area contributed by atoms with E-state index in [2.05, 4.69) is 15.9 Å². The summed E-state index contributed by atoms with van der Waals surface area (Å²) in [5, 5.41) is 19.9. The summed E-state index contributed by atoms with van der Waals surface area (Å²) in [5.74, 6) is -0.647. The molecule has 0 fully saturated rings. The number of hydrogen-bond donors (Lipinski definition) is 1. The molecule has 0 unspecified atom stereocenters. The van der Waals surface area contributed by atoms with Gasteiger partial charge in [-0.3, -0.25) is 10.1 Å². The van der Waals surface area contributed by atoms with Gasteiger partial charge in [0.2, 0.25) is 0 Å². The van der Waals surface area contributed by atoms with E-state index in [1.807, 2.05) is 0 Å². The molecule has 0 aliphatic heterocycles. The van der Waals surface area contributed by atoms with Crippen LogP contribution in [0.5, 0.6) is 5.75 Å². The minimum Gasteiger partial charge on any atom is -0.486 e. The maximum atomic E-state index is 13.7. The molecule has 0 aromatic heterocycles. The van der Waals surface area contributed by atoms with Crippen LogP contribution in [0.25, 0.3) is 0 Å². The van der Waals surface area contributed by atoms with Crippen molar-refractivity contribution < 1.29 is 19.2 Å². The standard InChI is InChI=1S/C14H11BrFNO4/c15-11-3-2-10(13(6-11)17(19)20)8-21-14-4-1-9(7-18)5-12(14)16/h1-6,18H,7-8H2. The highest BCUT2D eigenvalue weighted by Gasteiger charge is 2.15. The number of ether oxygens (including phenoxy) is 1. The average molecular weight is 356 g/mol. The number of aliphatic hydroxyl groups is 1. The quantitative estimate of drug-likeness (QED) is 0.657. The van der Waals surface area contributed by atoms with Gasteiger partial charge in [-0.15, -0.1) is 0 Å². The summed E-state index contributed by atoms with van der Waals surface area (Å²) >= 11 is 3.16. The van der Waals surface area contributed by atoms with Gasteiger partial charge in [0.25, 0.3) is 5.69 Å². The van der Waals surface area contributed by atoms with E-state index in [0.29, 0.717) is 15.6 Å². The van der Waals surface area contributed by atoms with Gasteiger partial charge in [-0.25, -0.2) is 4.39 Å². The minimum absolute atomic E-state index is 0.0237. The fourth-order valence-corrected chi connectivity index (χ4v) is 2.09. The van der Waals surface area contributed by atoms with Gasteiger partial charge in [0.15, 0.2) is 11.6 Å². The van der Waals surface area contributed by atoms with Crippen molar-refractivity contribution in [2.75, 3.05) is 0 Å². The second-order valence-corrected chi connectivity index (χ2v) is 5.16. The minimum atomic E-state index is -0.624. The number of aliphatic hydroxyl groups excluding tert-OH is 1. The Labute approximate surface area is 128 Å². The van der Waals surface area contributed by atoms with Crippen LogP contribution in [0, 0.1) is 15.9 Å². The Hall–Kier alpha value is -1.99. The first kappa shape index (κ1) is 15.4. The van der Waals surface area contributed by atoms with Crippen LogP contribution in [0.3, 0.4) is 0 Å². The molecule has 21 heavy (non-hydrogen) atoms. The second-order valence-electron chi connectivity index (χ2n) is 4.24. The summed E-state index contributed by atoms with van der Waals surface area (Å²) in [4.78, 5) is 10.4. The predicted molar refractivity (Wildman–Crippen MR) is 77.5 cm³/mol. The zero-order valence-electron chi connectivity index (χ0n) is 10.8. The van der Waals surface area contributed by atoms with Gasteiger partial charge in [-0.2, -0.15) is 0 Å². The van der Waals surface area contributed by atoms with Gasteiger partial charge in [0.05, 0.1) is 17.1 Å². The number of benzene rings is 2. The highest BCUT2D eigenvalue weighted by atomic mass is 79.9. The Morgan fingerprint density at radius 2 is 2.05 bits per heavy atom. The summed E-state index contributed by atoms with van der Waals surface area (Å²) < 4.78 is 19.5. The molecule has 2 aromatic carbocycles. The van der Waals surface area contributed by atoms with Crippen LogP contribution in [-0.4, -0.2) is 10.0 Å². The number of nitro groups is 1. The van der Waals surface area contributed by atoms with Crippen molar-refractivity contribution in [3.05, 3.63) is 67.9 Å². The lowest BCUT2D eigenvalue weighted by molar-refractivity contribution is -0.385. The molecule has 0 spiro atoms. The number of rotatable bonds is 5. The van der Waals surface area contributed by atoms with Crippen molar-refractivity contribution in [3.63, 3.8) is 0 Å². The van der Waals surface area contributed by atoms with Crippen molar-refractivity contribution in [1.82, 2.24) is 0 Å². The summed E-state index contributed by atoms with van der Waals surface area (Å²) in [5.41, 5.74) is 0.667. The topological polar surface area (TPSA) is 72.6 Å². The molecule has 0 saturated heterocycles. The fourth-order valence-electron chi connectivity index (χ4n) is 1.74. The first-order valence-electron chi connectivity index (χ1n) is 5.96. The summed E-state index contributed by atoms with van der Waals surface area (Å²) in [6.45, 7) is -0.394. The van der Waals surface area contributed by atoms with Crippen molar-refractivity contribution in [3.8, 4) is 5.75 Å². The highest BCUT2D eigenvalue weighted by Crippen LogP contribution is 2.26. The molecule has 0 bridgehead atoms. The predicted octanol–water partition coefficient (Wildman–Crippen LogP) is 3.57. The van der Waals surface area contributed by atoms with Crippen LogP contribution < -0.4 is 4.74 Å². The van der Waals surface area contributed by atoms with E-state index in [-0.39, 0.29) is 24.7 Å². The molecule has 0 radical (unpaired) electrons. The lowest BCUT2D eigenvalue weighted by atomic mass is 10.2. The Bertz CT molecular complexity index is 678. The second kappa shape index (κ2) is 6.64. The van der Waals surface area contributed by atoms with E-state index in [0.717, 1.165) is 6.07 Å². The van der Waals surface area contributed by atoms with Crippen LogP contribution in [0.4, 0.5) is 10.1 Å². The van der Waals surface area contributed by atoms with E-state index in [1.54, 1.807) is 12.1 Å². The fraction of sp³-hybridized carbons (Fsp3) is 0.143. The number of halogens is 2. The number of hydrogen-bond acceptors (Lipinski definition) is 4. The molecule has 0 amide bonds. The zero-order chi connectivity index (χ0) is 15.4. The first-order valence-corrected chi connectivity index (χ1v) is 6.75. The largest absolute Gasteiger partial charge is 0.486 e. The molecule has 0 aliphatic carbocycles. The first-order chi connectivity index (χ1) is 10.0. The average Bonchev–Trinajstić information content (AvgIpc) is 2.46. The molecule has 7 heteroatoms. The van der Waals surface area contributed by atoms with Gasteiger partial charge in [-0.1, -0.05) is 22.0 Å². The third kappa shape index (κ3) is 3.77. The molecule has 110 valence electrons. The van der Waals surface area contributed by atoms with E-state index in [4.69, 9.17) is 9.84 Å². The van der Waals surface area contributed by atoms with Gasteiger partial charge in [0.1, 0.15) is 6.61 Å². The molecular weight excluding hydrogens is 345 g/mol. The monoisotopic (exact) mass is 355 g/mol. The summed E-state index contributed by atoms with van der Waals surface area (Å²) in [6, 6.07) is 8.62. The van der Waals surface area contributed by atoms with Crippen molar-refractivity contribution >= 4 is 21.6 Å². The Morgan fingerprint density at radius 3 is 2.67 bits per heavy atom. The lowest BCUT2D eigenvalue weighted by Crippen LogP contribution is -2.02. The van der Waals surface area contributed by atoms with Crippen LogP contribution in [0.1, 0.15) is 11.1 Å². The molecule has 2 rings (SSSR count). The molecule has 1 N–H and O–H groups in total. The highest BCUT2D eigenvalue weighted by molar-refractivity contribution is 9.10. The number of nitrogens with zero attached hydrogens (tertiary/aromatic N) is 1. The Morgan fingerprint density at radius 1 is 1.29 bits per heavy atom. The molecule has 5 nitrogen and oxygen atoms in total. The molecule has 0 heterocycles.